The Morgan fingerprint density at radius 1 is 1.03 bits per heavy atom. The van der Waals surface area contributed by atoms with E-state index in [0.29, 0.717) is 23.6 Å². The molecule has 1 aromatic heterocycles. The molecule has 0 atom stereocenters. The molecule has 3 aromatic rings. The maximum absolute atomic E-state index is 13.6. The number of benzene rings is 2. The second kappa shape index (κ2) is 9.41. The van der Waals surface area contributed by atoms with Crippen molar-refractivity contribution in [2.75, 3.05) is 14.2 Å². The Kier molecular flexibility index (Phi) is 6.40. The number of imidazole rings is 1. The second-order valence-corrected chi connectivity index (χ2v) is 8.28. The SMILES string of the molecule is COc1ccc(Cn2c(=O)n(C3CCC(OC(C)=O)CC3)c3ccc(C#N)cc32)cc1OC. The summed E-state index contributed by atoms with van der Waals surface area (Å²) in [6.07, 6.45) is 2.82. The van der Waals surface area contributed by atoms with Crippen molar-refractivity contribution in [2.24, 2.45) is 0 Å². The van der Waals surface area contributed by atoms with Gasteiger partial charge in [0.1, 0.15) is 6.10 Å². The maximum Gasteiger partial charge on any atom is 0.329 e. The number of methoxy groups -OCH3 is 2. The molecule has 0 spiro atoms. The molecule has 0 bridgehead atoms. The summed E-state index contributed by atoms with van der Waals surface area (Å²) in [6.45, 7) is 1.76. The normalized spacial score (nSPS) is 18.0. The molecule has 0 radical (unpaired) electrons. The Bertz CT molecular complexity index is 1280. The number of carbonyl (C=O) groups is 1. The fraction of sp³-hybridized carbons (Fsp3) is 0.400. The van der Waals surface area contributed by atoms with Gasteiger partial charge in [-0.05, 0) is 61.6 Å². The van der Waals surface area contributed by atoms with Crippen LogP contribution in [-0.4, -0.2) is 35.4 Å². The number of aromatic nitrogens is 2. The van der Waals surface area contributed by atoms with E-state index < -0.39 is 0 Å². The lowest BCUT2D eigenvalue weighted by Crippen LogP contribution is -2.32. The minimum absolute atomic E-state index is 0.00592. The number of nitriles is 1. The van der Waals surface area contributed by atoms with Crippen LogP contribution in [0.25, 0.3) is 11.0 Å². The van der Waals surface area contributed by atoms with E-state index >= 15 is 0 Å². The van der Waals surface area contributed by atoms with Gasteiger partial charge in [0.25, 0.3) is 0 Å². The molecule has 172 valence electrons. The van der Waals surface area contributed by atoms with Gasteiger partial charge in [-0.3, -0.25) is 13.9 Å². The fourth-order valence-electron chi connectivity index (χ4n) is 4.67. The first-order valence-electron chi connectivity index (χ1n) is 11.0. The third-order valence-electron chi connectivity index (χ3n) is 6.22. The summed E-state index contributed by atoms with van der Waals surface area (Å²) in [5.41, 5.74) is 2.78. The summed E-state index contributed by atoms with van der Waals surface area (Å²) in [4.78, 5) is 24.9. The van der Waals surface area contributed by atoms with E-state index in [0.717, 1.165) is 42.3 Å². The van der Waals surface area contributed by atoms with Gasteiger partial charge < -0.3 is 14.2 Å². The monoisotopic (exact) mass is 449 g/mol. The average Bonchev–Trinajstić information content (AvgIpc) is 3.09. The third-order valence-corrected chi connectivity index (χ3v) is 6.22. The number of esters is 1. The Balaban J connectivity index is 1.73. The van der Waals surface area contributed by atoms with Crippen LogP contribution in [0.2, 0.25) is 0 Å². The summed E-state index contributed by atoms with van der Waals surface area (Å²) in [5.74, 6) is 0.937. The molecule has 2 aromatic carbocycles. The number of nitrogens with zero attached hydrogens (tertiary/aromatic N) is 3. The van der Waals surface area contributed by atoms with E-state index in [1.54, 1.807) is 30.9 Å². The molecule has 1 aliphatic rings. The predicted octanol–water partition coefficient (Wildman–Crippen LogP) is 3.79. The van der Waals surface area contributed by atoms with Gasteiger partial charge in [0, 0.05) is 13.0 Å². The molecule has 0 unspecified atom stereocenters. The van der Waals surface area contributed by atoms with Gasteiger partial charge in [-0.2, -0.15) is 5.26 Å². The minimum atomic E-state index is -0.272. The van der Waals surface area contributed by atoms with Crippen LogP contribution in [0.5, 0.6) is 11.5 Å². The lowest BCUT2D eigenvalue weighted by Gasteiger charge is -2.28. The average molecular weight is 450 g/mol. The van der Waals surface area contributed by atoms with E-state index in [9.17, 15) is 14.9 Å². The van der Waals surface area contributed by atoms with E-state index in [1.165, 1.54) is 6.92 Å². The largest absolute Gasteiger partial charge is 0.493 e. The molecule has 0 N–H and O–H groups in total. The summed E-state index contributed by atoms with van der Waals surface area (Å²) >= 11 is 0. The Labute approximate surface area is 191 Å². The minimum Gasteiger partial charge on any atom is -0.493 e. The zero-order valence-electron chi connectivity index (χ0n) is 19.0. The third kappa shape index (κ3) is 4.44. The number of hydrogen-bond donors (Lipinski definition) is 0. The number of rotatable bonds is 6. The first kappa shape index (κ1) is 22.5. The van der Waals surface area contributed by atoms with E-state index in [2.05, 4.69) is 6.07 Å². The van der Waals surface area contributed by atoms with Crippen LogP contribution in [0.1, 0.15) is 49.8 Å². The van der Waals surface area contributed by atoms with Gasteiger partial charge in [0.15, 0.2) is 11.5 Å². The Morgan fingerprint density at radius 3 is 2.39 bits per heavy atom. The van der Waals surface area contributed by atoms with Crippen LogP contribution in [0.15, 0.2) is 41.2 Å². The summed E-state index contributed by atoms with van der Waals surface area (Å²) in [5, 5.41) is 9.41. The summed E-state index contributed by atoms with van der Waals surface area (Å²) in [7, 11) is 3.15. The van der Waals surface area contributed by atoms with Crippen molar-refractivity contribution in [3.63, 3.8) is 0 Å². The van der Waals surface area contributed by atoms with Crippen molar-refractivity contribution < 1.29 is 19.0 Å². The summed E-state index contributed by atoms with van der Waals surface area (Å²) < 4.78 is 19.6. The molecule has 0 saturated heterocycles. The number of carbonyl (C=O) groups excluding carboxylic acids is 1. The molecule has 1 aliphatic carbocycles. The number of ether oxygens (including phenoxy) is 3. The molecule has 0 amide bonds. The Morgan fingerprint density at radius 2 is 1.76 bits per heavy atom. The molecule has 8 heteroatoms. The topological polar surface area (TPSA) is 95.5 Å². The van der Waals surface area contributed by atoms with Gasteiger partial charge in [-0.25, -0.2) is 4.79 Å². The van der Waals surface area contributed by atoms with Crippen molar-refractivity contribution in [3.05, 3.63) is 58.0 Å². The van der Waals surface area contributed by atoms with Crippen LogP contribution in [-0.2, 0) is 16.1 Å². The lowest BCUT2D eigenvalue weighted by molar-refractivity contribution is -0.148. The van der Waals surface area contributed by atoms with Crippen molar-refractivity contribution in [3.8, 4) is 17.6 Å². The first-order chi connectivity index (χ1) is 15.9. The zero-order valence-corrected chi connectivity index (χ0v) is 19.0. The molecule has 1 heterocycles. The molecule has 8 nitrogen and oxygen atoms in total. The molecule has 1 fully saturated rings. The van der Waals surface area contributed by atoms with E-state index in [4.69, 9.17) is 14.2 Å². The lowest BCUT2D eigenvalue weighted by atomic mass is 9.92. The van der Waals surface area contributed by atoms with Gasteiger partial charge in [0.05, 0.1) is 43.4 Å². The van der Waals surface area contributed by atoms with E-state index in [1.807, 2.05) is 28.8 Å². The maximum atomic E-state index is 13.6. The van der Waals surface area contributed by atoms with Gasteiger partial charge >= 0.3 is 11.7 Å². The van der Waals surface area contributed by atoms with Gasteiger partial charge in [0.2, 0.25) is 0 Å². The van der Waals surface area contributed by atoms with Crippen molar-refractivity contribution in [2.45, 2.75) is 51.3 Å². The smallest absolute Gasteiger partial charge is 0.329 e. The van der Waals surface area contributed by atoms with E-state index in [-0.39, 0.29) is 23.8 Å². The predicted molar refractivity (Wildman–Crippen MR) is 123 cm³/mol. The molecule has 0 aliphatic heterocycles. The zero-order chi connectivity index (χ0) is 23.5. The molecule has 4 rings (SSSR count). The van der Waals surface area contributed by atoms with Crippen molar-refractivity contribution in [1.82, 2.24) is 9.13 Å². The molecule has 1 saturated carbocycles. The second-order valence-electron chi connectivity index (χ2n) is 8.28. The molecule has 33 heavy (non-hydrogen) atoms. The highest BCUT2D eigenvalue weighted by Crippen LogP contribution is 2.33. The van der Waals surface area contributed by atoms with Crippen LogP contribution in [0.3, 0.4) is 0 Å². The number of hydrogen-bond acceptors (Lipinski definition) is 6. The van der Waals surface area contributed by atoms with Crippen LogP contribution < -0.4 is 15.2 Å². The Hall–Kier alpha value is -3.73. The quantitative estimate of drug-likeness (QED) is 0.532. The molecular weight excluding hydrogens is 422 g/mol. The van der Waals surface area contributed by atoms with Gasteiger partial charge in [-0.1, -0.05) is 6.07 Å². The highest BCUT2D eigenvalue weighted by molar-refractivity contribution is 5.78. The van der Waals surface area contributed by atoms with Crippen molar-refractivity contribution >= 4 is 17.0 Å². The molecular formula is C25H27N3O5. The van der Waals surface area contributed by atoms with Crippen molar-refractivity contribution in [1.29, 1.82) is 5.26 Å². The number of fused-ring (bicyclic) bond motifs is 1. The van der Waals surface area contributed by atoms with Gasteiger partial charge in [-0.15, -0.1) is 0 Å². The highest BCUT2D eigenvalue weighted by atomic mass is 16.5. The summed E-state index contributed by atoms with van der Waals surface area (Å²) in [6, 6.07) is 13.1. The van der Waals surface area contributed by atoms with Crippen LogP contribution >= 0.6 is 0 Å². The van der Waals surface area contributed by atoms with Crippen LogP contribution in [0.4, 0.5) is 0 Å². The first-order valence-corrected chi connectivity index (χ1v) is 11.0. The highest BCUT2D eigenvalue weighted by Gasteiger charge is 2.28. The standard InChI is InChI=1S/C25H27N3O5/c1-16(29)33-20-8-6-19(7-9-20)28-21-10-4-17(14-26)12-22(21)27(25(28)30)15-18-5-11-23(31-2)24(13-18)32-3/h4-5,10-13,19-20H,6-9,15H2,1-3H3. The fourth-order valence-corrected chi connectivity index (χ4v) is 4.67. The van der Waals surface area contributed by atoms with Crippen LogP contribution in [0, 0.1) is 11.3 Å².